The number of pyridine rings is 1. The Morgan fingerprint density at radius 2 is 2.21 bits per heavy atom. The fourth-order valence-corrected chi connectivity index (χ4v) is 3.66. The van der Waals surface area contributed by atoms with Crippen molar-refractivity contribution in [3.8, 4) is 5.88 Å². The van der Waals surface area contributed by atoms with Gasteiger partial charge in [0.2, 0.25) is 5.88 Å². The Balaban J connectivity index is 1.55. The van der Waals surface area contributed by atoms with E-state index in [4.69, 9.17) is 10.5 Å². The van der Waals surface area contributed by atoms with Crippen molar-refractivity contribution in [2.75, 3.05) is 11.9 Å². The summed E-state index contributed by atoms with van der Waals surface area (Å²) >= 11 is 0.955. The van der Waals surface area contributed by atoms with Gasteiger partial charge in [0.25, 0.3) is 5.91 Å². The molecule has 8 nitrogen and oxygen atoms in total. The second-order valence-electron chi connectivity index (χ2n) is 6.45. The lowest BCUT2D eigenvalue weighted by Gasteiger charge is -2.13. The summed E-state index contributed by atoms with van der Waals surface area (Å²) in [6.07, 6.45) is 11.1. The zero-order valence-electron chi connectivity index (χ0n) is 15.4. The van der Waals surface area contributed by atoms with Crippen LogP contribution in [0.1, 0.15) is 48.0 Å². The molecule has 0 bridgehead atoms. The minimum atomic E-state index is -0.711. The number of carbonyl (C=O) groups excluding carboxylic acids is 2. The van der Waals surface area contributed by atoms with E-state index >= 15 is 0 Å². The Morgan fingerprint density at radius 1 is 1.32 bits per heavy atom. The Labute approximate surface area is 167 Å². The molecule has 0 saturated heterocycles. The summed E-state index contributed by atoms with van der Waals surface area (Å²) in [6.45, 7) is 0.728. The molecule has 0 saturated carbocycles. The Hall–Kier alpha value is -2.94. The van der Waals surface area contributed by atoms with E-state index < -0.39 is 11.9 Å². The average molecular weight is 401 g/mol. The second kappa shape index (κ2) is 9.84. The van der Waals surface area contributed by atoms with Gasteiger partial charge in [-0.25, -0.2) is 4.79 Å². The molecular formula is C19H23N5O3S. The third kappa shape index (κ3) is 5.53. The van der Waals surface area contributed by atoms with Crippen LogP contribution in [0.4, 0.5) is 9.80 Å². The number of hydrogen-bond acceptors (Lipinski definition) is 6. The number of aromatic nitrogens is 2. The van der Waals surface area contributed by atoms with Crippen molar-refractivity contribution < 1.29 is 14.3 Å². The number of anilines is 1. The monoisotopic (exact) mass is 401 g/mol. The fourth-order valence-electron chi connectivity index (χ4n) is 2.93. The largest absolute Gasteiger partial charge is 0.472 e. The molecule has 0 aromatic carbocycles. The molecule has 0 fully saturated rings. The number of nitrogens with two attached hydrogens (primary N) is 1. The average Bonchev–Trinajstić information content (AvgIpc) is 3.10. The standard InChI is InChI=1S/C19H23N5O3S/c20-16(25)15-17(27-12-14-7-4-9-21-11-14)24-28-18(15)23-19(26)22-10-8-13-5-2-1-3-6-13/h4-5,7,9,11H,1-3,6,8,10,12H2,(H2,20,25)(H2,22,23,26). The van der Waals surface area contributed by atoms with Gasteiger partial charge in [-0.05, 0) is 49.7 Å². The summed E-state index contributed by atoms with van der Waals surface area (Å²) in [6, 6.07) is 3.23. The minimum absolute atomic E-state index is 0.0685. The Kier molecular flexibility index (Phi) is 6.96. The van der Waals surface area contributed by atoms with Gasteiger partial charge in [0.1, 0.15) is 17.2 Å². The SMILES string of the molecule is NC(=O)c1c(OCc2cccnc2)nsc1NC(=O)NCCC1=CCCCC1. The predicted molar refractivity (Wildman–Crippen MR) is 107 cm³/mol. The summed E-state index contributed by atoms with van der Waals surface area (Å²) < 4.78 is 9.69. The maximum atomic E-state index is 12.2. The number of allylic oxidation sites excluding steroid dienone is 1. The maximum absolute atomic E-state index is 12.2. The molecule has 28 heavy (non-hydrogen) atoms. The van der Waals surface area contributed by atoms with Crippen LogP contribution in [0.2, 0.25) is 0 Å². The number of nitrogens with one attached hydrogen (secondary N) is 2. The molecule has 4 N–H and O–H groups in total. The molecule has 3 amide bonds. The highest BCUT2D eigenvalue weighted by atomic mass is 32.1. The van der Waals surface area contributed by atoms with Gasteiger partial charge >= 0.3 is 6.03 Å². The molecule has 0 radical (unpaired) electrons. The summed E-state index contributed by atoms with van der Waals surface area (Å²) in [5.74, 6) is -0.610. The van der Waals surface area contributed by atoms with Gasteiger partial charge in [-0.1, -0.05) is 17.7 Å². The van der Waals surface area contributed by atoms with E-state index in [9.17, 15) is 9.59 Å². The van der Waals surface area contributed by atoms with Crippen molar-refractivity contribution in [1.29, 1.82) is 0 Å². The van der Waals surface area contributed by atoms with Crippen LogP contribution in [0.15, 0.2) is 36.2 Å². The molecule has 3 rings (SSSR count). The van der Waals surface area contributed by atoms with Crippen LogP contribution in [0, 0.1) is 0 Å². The molecule has 1 aliphatic rings. The molecule has 0 unspecified atom stereocenters. The molecule has 0 spiro atoms. The van der Waals surface area contributed by atoms with Crippen LogP contribution in [-0.2, 0) is 6.61 Å². The summed E-state index contributed by atoms with van der Waals surface area (Å²) in [5, 5.41) is 5.71. The van der Waals surface area contributed by atoms with Crippen LogP contribution >= 0.6 is 11.5 Å². The molecule has 0 aliphatic heterocycles. The number of hydrogen-bond donors (Lipinski definition) is 3. The first-order chi connectivity index (χ1) is 13.6. The topological polar surface area (TPSA) is 119 Å². The van der Waals surface area contributed by atoms with Crippen molar-refractivity contribution in [1.82, 2.24) is 14.7 Å². The van der Waals surface area contributed by atoms with Crippen LogP contribution in [0.3, 0.4) is 0 Å². The zero-order valence-corrected chi connectivity index (χ0v) is 16.3. The van der Waals surface area contributed by atoms with Crippen molar-refractivity contribution in [3.05, 3.63) is 47.3 Å². The van der Waals surface area contributed by atoms with Crippen molar-refractivity contribution in [3.63, 3.8) is 0 Å². The zero-order chi connectivity index (χ0) is 19.8. The fraction of sp³-hybridized carbons (Fsp3) is 0.368. The summed E-state index contributed by atoms with van der Waals surface area (Å²) in [5.41, 5.74) is 7.74. The third-order valence-corrected chi connectivity index (χ3v) is 5.10. The van der Waals surface area contributed by atoms with Crippen molar-refractivity contribution in [2.45, 2.75) is 38.7 Å². The second-order valence-corrected chi connectivity index (χ2v) is 7.22. The van der Waals surface area contributed by atoms with Crippen LogP contribution in [0.5, 0.6) is 5.88 Å². The molecule has 9 heteroatoms. The minimum Gasteiger partial charge on any atom is -0.472 e. The van der Waals surface area contributed by atoms with Gasteiger partial charge in [-0.15, -0.1) is 0 Å². The number of carbonyl (C=O) groups is 2. The molecule has 0 atom stereocenters. The number of nitrogens with zero attached hydrogens (tertiary/aromatic N) is 2. The molecule has 1 aliphatic carbocycles. The predicted octanol–water partition coefficient (Wildman–Crippen LogP) is 3.23. The molecule has 2 aromatic rings. The number of amides is 3. The van der Waals surface area contributed by atoms with E-state index in [1.54, 1.807) is 18.5 Å². The molecule has 148 valence electrons. The van der Waals surface area contributed by atoms with Crippen molar-refractivity contribution >= 4 is 28.5 Å². The lowest BCUT2D eigenvalue weighted by Crippen LogP contribution is -2.30. The van der Waals surface area contributed by atoms with E-state index in [0.717, 1.165) is 36.4 Å². The van der Waals surface area contributed by atoms with Gasteiger partial charge in [0.05, 0.1) is 0 Å². The number of primary amides is 1. The number of ether oxygens (including phenoxy) is 1. The lowest BCUT2D eigenvalue weighted by molar-refractivity contribution is 0.0996. The van der Waals surface area contributed by atoms with Crippen molar-refractivity contribution in [2.24, 2.45) is 5.73 Å². The van der Waals surface area contributed by atoms with E-state index in [2.05, 4.69) is 26.1 Å². The first-order valence-corrected chi connectivity index (χ1v) is 9.94. The highest BCUT2D eigenvalue weighted by Crippen LogP contribution is 2.30. The molecule has 2 aromatic heterocycles. The first-order valence-electron chi connectivity index (χ1n) is 9.17. The van der Waals surface area contributed by atoms with E-state index in [1.165, 1.54) is 18.4 Å². The van der Waals surface area contributed by atoms with Crippen LogP contribution < -0.4 is 21.1 Å². The smallest absolute Gasteiger partial charge is 0.319 e. The third-order valence-electron chi connectivity index (χ3n) is 4.35. The van der Waals surface area contributed by atoms with E-state index in [0.29, 0.717) is 6.54 Å². The molecule has 2 heterocycles. The summed E-state index contributed by atoms with van der Waals surface area (Å²) in [7, 11) is 0. The van der Waals surface area contributed by atoms with Crippen LogP contribution in [0.25, 0.3) is 0 Å². The van der Waals surface area contributed by atoms with Gasteiger partial charge in [-0.2, -0.15) is 4.37 Å². The van der Waals surface area contributed by atoms with E-state index in [-0.39, 0.29) is 23.1 Å². The van der Waals surface area contributed by atoms with Gasteiger partial charge in [0.15, 0.2) is 0 Å². The number of rotatable bonds is 8. The first kappa shape index (κ1) is 19.8. The Morgan fingerprint density at radius 3 is 2.93 bits per heavy atom. The normalized spacial score (nSPS) is 13.5. The Bertz CT molecular complexity index is 851. The summed E-state index contributed by atoms with van der Waals surface area (Å²) in [4.78, 5) is 28.0. The highest BCUT2D eigenvalue weighted by Gasteiger charge is 2.22. The van der Waals surface area contributed by atoms with Crippen LogP contribution in [-0.4, -0.2) is 27.8 Å². The highest BCUT2D eigenvalue weighted by molar-refractivity contribution is 7.11. The lowest BCUT2D eigenvalue weighted by atomic mass is 9.97. The van der Waals surface area contributed by atoms with Gasteiger partial charge in [0, 0.05) is 24.5 Å². The maximum Gasteiger partial charge on any atom is 0.319 e. The van der Waals surface area contributed by atoms with E-state index in [1.807, 2.05) is 6.07 Å². The molecular weight excluding hydrogens is 378 g/mol. The van der Waals surface area contributed by atoms with Gasteiger partial charge in [-0.3, -0.25) is 15.1 Å². The number of urea groups is 1. The van der Waals surface area contributed by atoms with Gasteiger partial charge < -0.3 is 15.8 Å². The quantitative estimate of drug-likeness (QED) is 0.587.